The molecule has 24 heavy (non-hydrogen) atoms. The fraction of sp³-hybridized carbons (Fsp3) is 0.316. The minimum absolute atomic E-state index is 0.00247. The van der Waals surface area contributed by atoms with E-state index >= 15 is 0 Å². The summed E-state index contributed by atoms with van der Waals surface area (Å²) in [6, 6.07) is 15.3. The third kappa shape index (κ3) is 2.06. The normalized spacial score (nSPS) is 25.4. The highest BCUT2D eigenvalue weighted by Crippen LogP contribution is 2.50. The molecule has 4 rings (SSSR count). The minimum Gasteiger partial charge on any atom is -0.345 e. The number of fused-ring (bicyclic) bond motifs is 3. The number of nitrogens with zero attached hydrogens (tertiary/aromatic N) is 1. The molecule has 2 aromatic carbocycles. The molecule has 2 aliphatic rings. The van der Waals surface area contributed by atoms with Gasteiger partial charge in [-0.25, -0.2) is 4.79 Å². The molecule has 0 spiro atoms. The van der Waals surface area contributed by atoms with Crippen molar-refractivity contribution in [2.45, 2.75) is 25.6 Å². The van der Waals surface area contributed by atoms with Gasteiger partial charge in [0.1, 0.15) is 0 Å². The van der Waals surface area contributed by atoms with Gasteiger partial charge in [-0.3, -0.25) is 4.90 Å². The van der Waals surface area contributed by atoms with Crippen LogP contribution in [0.15, 0.2) is 48.5 Å². The summed E-state index contributed by atoms with van der Waals surface area (Å²) in [5, 5.41) is 3.61. The molecule has 124 valence electrons. The lowest BCUT2D eigenvalue weighted by molar-refractivity contribution is -0.0352. The van der Waals surface area contributed by atoms with E-state index in [0.717, 1.165) is 16.8 Å². The van der Waals surface area contributed by atoms with Crippen LogP contribution in [0.5, 0.6) is 0 Å². The summed E-state index contributed by atoms with van der Waals surface area (Å²) < 4.78 is 6.36. The van der Waals surface area contributed by atoms with Gasteiger partial charge in [0.2, 0.25) is 0 Å². The Bertz CT molecular complexity index is 793. The van der Waals surface area contributed by atoms with Crippen LogP contribution in [0.1, 0.15) is 25.0 Å². The number of urea groups is 1. The van der Waals surface area contributed by atoms with E-state index in [0.29, 0.717) is 11.6 Å². The molecule has 5 heteroatoms. The summed E-state index contributed by atoms with van der Waals surface area (Å²) in [6.07, 6.45) is 0. The molecule has 0 radical (unpaired) electrons. The van der Waals surface area contributed by atoms with Crippen molar-refractivity contribution in [3.63, 3.8) is 0 Å². The number of hydrogen-bond acceptors (Lipinski definition) is 2. The number of anilines is 1. The maximum Gasteiger partial charge on any atom is 0.325 e. The first-order chi connectivity index (χ1) is 11.5. The number of rotatable bonds is 2. The highest BCUT2D eigenvalue weighted by molar-refractivity contribution is 6.30. The van der Waals surface area contributed by atoms with Crippen molar-refractivity contribution >= 4 is 23.3 Å². The zero-order valence-corrected chi connectivity index (χ0v) is 14.4. The number of hydrogen-bond donors (Lipinski definition) is 1. The van der Waals surface area contributed by atoms with E-state index in [9.17, 15) is 4.79 Å². The Morgan fingerprint density at radius 3 is 2.71 bits per heavy atom. The summed E-state index contributed by atoms with van der Waals surface area (Å²) in [4.78, 5) is 14.8. The first-order valence-electron chi connectivity index (χ1n) is 8.14. The standard InChI is InChI=1S/C19H19ClN2O2/c1-12(2)17-11-24-19(13-6-4-3-5-7-13)15-10-14(20)8-9-16(15)21-18(23)22(17)19/h3-10,12,17H,11H2,1-2H3,(H,21,23)/t17-,19?/m1/s1. The van der Waals surface area contributed by atoms with Gasteiger partial charge in [-0.15, -0.1) is 0 Å². The van der Waals surface area contributed by atoms with Gasteiger partial charge in [-0.2, -0.15) is 0 Å². The Balaban J connectivity index is 2.00. The van der Waals surface area contributed by atoms with Crippen molar-refractivity contribution in [3.05, 3.63) is 64.7 Å². The molecule has 0 saturated carbocycles. The molecular weight excluding hydrogens is 324 g/mol. The van der Waals surface area contributed by atoms with Crippen molar-refractivity contribution in [1.29, 1.82) is 0 Å². The predicted molar refractivity (Wildman–Crippen MR) is 94.1 cm³/mol. The topological polar surface area (TPSA) is 41.6 Å². The van der Waals surface area contributed by atoms with Gasteiger partial charge in [0.15, 0.2) is 5.72 Å². The first-order valence-corrected chi connectivity index (χ1v) is 8.51. The highest BCUT2D eigenvalue weighted by atomic mass is 35.5. The van der Waals surface area contributed by atoms with Crippen molar-refractivity contribution in [2.24, 2.45) is 5.92 Å². The lowest BCUT2D eigenvalue weighted by Gasteiger charge is -2.44. The SMILES string of the molecule is CC(C)[C@H]1COC2(c3ccccc3)c3cc(Cl)ccc3NC(=O)N12. The van der Waals surface area contributed by atoms with Gasteiger partial charge < -0.3 is 10.1 Å². The summed E-state index contributed by atoms with van der Waals surface area (Å²) in [5.41, 5.74) is 1.63. The van der Waals surface area contributed by atoms with Gasteiger partial charge >= 0.3 is 6.03 Å². The molecule has 1 unspecified atom stereocenters. The molecule has 1 fully saturated rings. The average molecular weight is 343 g/mol. The van der Waals surface area contributed by atoms with Crippen LogP contribution in [0.2, 0.25) is 5.02 Å². The molecule has 4 nitrogen and oxygen atoms in total. The second-order valence-electron chi connectivity index (χ2n) is 6.62. The number of nitrogens with one attached hydrogen (secondary N) is 1. The summed E-state index contributed by atoms with van der Waals surface area (Å²) >= 11 is 6.27. The monoisotopic (exact) mass is 342 g/mol. The second kappa shape index (κ2) is 5.50. The minimum atomic E-state index is -0.932. The van der Waals surface area contributed by atoms with Gasteiger partial charge in [-0.05, 0) is 24.1 Å². The summed E-state index contributed by atoms with van der Waals surface area (Å²) in [7, 11) is 0. The average Bonchev–Trinajstić information content (AvgIpc) is 2.99. The van der Waals surface area contributed by atoms with Crippen LogP contribution in [0.3, 0.4) is 0 Å². The van der Waals surface area contributed by atoms with Crippen LogP contribution in [0.25, 0.3) is 0 Å². The Morgan fingerprint density at radius 1 is 1.25 bits per heavy atom. The van der Waals surface area contributed by atoms with Crippen molar-refractivity contribution in [3.8, 4) is 0 Å². The van der Waals surface area contributed by atoms with E-state index in [4.69, 9.17) is 16.3 Å². The molecule has 2 aromatic rings. The molecule has 2 heterocycles. The van der Waals surface area contributed by atoms with Crippen LogP contribution in [0, 0.1) is 5.92 Å². The van der Waals surface area contributed by atoms with E-state index in [1.807, 2.05) is 47.4 Å². The third-order valence-corrected chi connectivity index (χ3v) is 5.11. The van der Waals surface area contributed by atoms with E-state index in [-0.39, 0.29) is 18.0 Å². The Labute approximate surface area is 146 Å². The van der Waals surface area contributed by atoms with Gasteiger partial charge in [-0.1, -0.05) is 55.8 Å². The van der Waals surface area contributed by atoms with Crippen LogP contribution >= 0.6 is 11.6 Å². The number of carbonyl (C=O) groups is 1. The zero-order chi connectivity index (χ0) is 16.9. The smallest absolute Gasteiger partial charge is 0.325 e. The van der Waals surface area contributed by atoms with Crippen LogP contribution in [-0.2, 0) is 10.5 Å². The van der Waals surface area contributed by atoms with Crippen LogP contribution in [0.4, 0.5) is 10.5 Å². The predicted octanol–water partition coefficient (Wildman–Crippen LogP) is 4.44. The quantitative estimate of drug-likeness (QED) is 0.876. The molecule has 0 aromatic heterocycles. The van der Waals surface area contributed by atoms with Gasteiger partial charge in [0, 0.05) is 16.1 Å². The maximum absolute atomic E-state index is 12.9. The molecule has 2 amide bonds. The van der Waals surface area contributed by atoms with Crippen LogP contribution < -0.4 is 5.32 Å². The zero-order valence-electron chi connectivity index (χ0n) is 13.6. The number of benzene rings is 2. The maximum atomic E-state index is 12.9. The first kappa shape index (κ1) is 15.5. The van der Waals surface area contributed by atoms with E-state index in [2.05, 4.69) is 19.2 Å². The lowest BCUT2D eigenvalue weighted by Crippen LogP contribution is -2.56. The van der Waals surface area contributed by atoms with E-state index in [1.165, 1.54) is 0 Å². The van der Waals surface area contributed by atoms with E-state index < -0.39 is 5.72 Å². The van der Waals surface area contributed by atoms with Gasteiger partial charge in [0.05, 0.1) is 18.3 Å². The van der Waals surface area contributed by atoms with Crippen molar-refractivity contribution in [1.82, 2.24) is 4.90 Å². The molecule has 0 bridgehead atoms. The van der Waals surface area contributed by atoms with E-state index in [1.54, 1.807) is 6.07 Å². The summed E-state index contributed by atoms with van der Waals surface area (Å²) in [5.74, 6) is 0.280. The third-order valence-electron chi connectivity index (χ3n) is 4.88. The molecule has 2 atom stereocenters. The van der Waals surface area contributed by atoms with Crippen LogP contribution in [-0.4, -0.2) is 23.6 Å². The molecular formula is C19H19ClN2O2. The fourth-order valence-electron chi connectivity index (χ4n) is 3.70. The molecule has 0 aliphatic carbocycles. The highest BCUT2D eigenvalue weighted by Gasteiger charge is 2.56. The number of halogens is 1. The Morgan fingerprint density at radius 2 is 2.00 bits per heavy atom. The fourth-order valence-corrected chi connectivity index (χ4v) is 3.87. The second-order valence-corrected chi connectivity index (χ2v) is 7.06. The van der Waals surface area contributed by atoms with Gasteiger partial charge in [0.25, 0.3) is 0 Å². The molecule has 1 N–H and O–H groups in total. The van der Waals surface area contributed by atoms with Crippen molar-refractivity contribution < 1.29 is 9.53 Å². The Kier molecular flexibility index (Phi) is 3.55. The Hall–Kier alpha value is -2.04. The lowest BCUT2D eigenvalue weighted by atomic mass is 9.88. The summed E-state index contributed by atoms with van der Waals surface area (Å²) in [6.45, 7) is 4.71. The largest absolute Gasteiger partial charge is 0.345 e. The number of carbonyl (C=O) groups excluding carboxylic acids is 1. The molecule has 1 saturated heterocycles. The number of ether oxygens (including phenoxy) is 1. The van der Waals surface area contributed by atoms with Crippen molar-refractivity contribution in [2.75, 3.05) is 11.9 Å². The number of amides is 2. The molecule has 2 aliphatic heterocycles.